The van der Waals surface area contributed by atoms with E-state index in [9.17, 15) is 8.42 Å². The van der Waals surface area contributed by atoms with E-state index in [4.69, 9.17) is 4.52 Å². The molecule has 1 aliphatic rings. The molecule has 1 fully saturated rings. The Morgan fingerprint density at radius 3 is 2.59 bits per heavy atom. The molecule has 0 saturated heterocycles. The molecule has 2 rings (SSSR count). The van der Waals surface area contributed by atoms with Crippen LogP contribution in [0.4, 0.5) is 0 Å². The monoisotopic (exact) mass is 258 g/mol. The summed E-state index contributed by atoms with van der Waals surface area (Å²) in [6.45, 7) is 5.84. The molecular weight excluding hydrogens is 240 g/mol. The van der Waals surface area contributed by atoms with Gasteiger partial charge in [-0.2, -0.15) is 0 Å². The Hall–Kier alpha value is -0.880. The van der Waals surface area contributed by atoms with Gasteiger partial charge in [-0.25, -0.2) is 13.1 Å². The lowest BCUT2D eigenvalue weighted by atomic mass is 10.0. The predicted molar refractivity (Wildman–Crippen MR) is 63.8 cm³/mol. The van der Waals surface area contributed by atoms with Gasteiger partial charge in [-0.3, -0.25) is 0 Å². The summed E-state index contributed by atoms with van der Waals surface area (Å²) in [5.74, 6) is 0.561. The highest BCUT2D eigenvalue weighted by Gasteiger charge is 2.48. The predicted octanol–water partition coefficient (Wildman–Crippen LogP) is 1.59. The topological polar surface area (TPSA) is 72.2 Å². The molecule has 1 saturated carbocycles. The van der Waals surface area contributed by atoms with Crippen molar-refractivity contribution in [1.29, 1.82) is 0 Å². The lowest BCUT2D eigenvalue weighted by Crippen LogP contribution is -2.41. The van der Waals surface area contributed by atoms with E-state index in [1.54, 1.807) is 13.0 Å². The second kappa shape index (κ2) is 4.10. The Bertz CT molecular complexity index is 501. The third kappa shape index (κ3) is 2.87. The highest BCUT2D eigenvalue weighted by Crippen LogP contribution is 2.42. The van der Waals surface area contributed by atoms with E-state index in [1.165, 1.54) is 0 Å². The zero-order valence-electron chi connectivity index (χ0n) is 10.4. The first-order chi connectivity index (χ1) is 7.83. The quantitative estimate of drug-likeness (QED) is 0.870. The highest BCUT2D eigenvalue weighted by molar-refractivity contribution is 7.88. The molecule has 0 atom stereocenters. The van der Waals surface area contributed by atoms with Crippen LogP contribution in [0.15, 0.2) is 10.6 Å². The maximum atomic E-state index is 12.0. The van der Waals surface area contributed by atoms with Crippen LogP contribution in [0.3, 0.4) is 0 Å². The third-order valence-electron chi connectivity index (χ3n) is 3.26. The van der Waals surface area contributed by atoms with Crippen LogP contribution < -0.4 is 4.72 Å². The molecule has 0 aliphatic heterocycles. The summed E-state index contributed by atoms with van der Waals surface area (Å²) in [4.78, 5) is 0. The fourth-order valence-electron chi connectivity index (χ4n) is 1.95. The van der Waals surface area contributed by atoms with E-state index < -0.39 is 10.0 Å². The van der Waals surface area contributed by atoms with Gasteiger partial charge in [0, 0.05) is 11.6 Å². The second-order valence-corrected chi connectivity index (χ2v) is 6.83. The van der Waals surface area contributed by atoms with Crippen LogP contribution in [0.2, 0.25) is 0 Å². The van der Waals surface area contributed by atoms with Gasteiger partial charge < -0.3 is 4.52 Å². The minimum atomic E-state index is -3.35. The zero-order chi connectivity index (χ0) is 12.7. The van der Waals surface area contributed by atoms with Crippen LogP contribution in [0.5, 0.6) is 0 Å². The molecule has 1 N–H and O–H groups in total. The summed E-state index contributed by atoms with van der Waals surface area (Å²) in [6, 6.07) is 1.65. The van der Waals surface area contributed by atoms with Crippen LogP contribution in [-0.2, 0) is 15.8 Å². The SMILES string of the molecule is Cc1cc(CS(=O)(=O)NC2(C(C)C)CC2)on1. The normalized spacial score (nSPS) is 18.6. The number of hydrogen-bond donors (Lipinski definition) is 1. The van der Waals surface area contributed by atoms with Gasteiger partial charge >= 0.3 is 0 Å². The van der Waals surface area contributed by atoms with Crippen molar-refractivity contribution in [1.82, 2.24) is 9.88 Å². The highest BCUT2D eigenvalue weighted by atomic mass is 32.2. The average Bonchev–Trinajstić information content (AvgIpc) is 2.84. The fraction of sp³-hybridized carbons (Fsp3) is 0.727. The Kier molecular flexibility index (Phi) is 3.03. The lowest BCUT2D eigenvalue weighted by molar-refractivity contribution is 0.385. The summed E-state index contributed by atoms with van der Waals surface area (Å²) < 4.78 is 31.7. The molecule has 0 unspecified atom stereocenters. The average molecular weight is 258 g/mol. The van der Waals surface area contributed by atoms with Gasteiger partial charge in [0.15, 0.2) is 5.76 Å². The number of hydrogen-bond acceptors (Lipinski definition) is 4. The first-order valence-electron chi connectivity index (χ1n) is 5.77. The van der Waals surface area contributed by atoms with Gasteiger partial charge in [0.25, 0.3) is 0 Å². The van der Waals surface area contributed by atoms with Gasteiger partial charge in [0.2, 0.25) is 10.0 Å². The summed E-state index contributed by atoms with van der Waals surface area (Å²) in [5.41, 5.74) is 0.466. The van der Waals surface area contributed by atoms with Crippen LogP contribution in [-0.4, -0.2) is 19.1 Å². The van der Waals surface area contributed by atoms with E-state index in [1.807, 2.05) is 13.8 Å². The van der Waals surface area contributed by atoms with E-state index in [-0.39, 0.29) is 11.3 Å². The van der Waals surface area contributed by atoms with Crippen molar-refractivity contribution in [3.05, 3.63) is 17.5 Å². The van der Waals surface area contributed by atoms with Gasteiger partial charge in [-0.15, -0.1) is 0 Å². The van der Waals surface area contributed by atoms with Crippen LogP contribution in [0.25, 0.3) is 0 Å². The van der Waals surface area contributed by atoms with E-state index in [0.29, 0.717) is 17.4 Å². The summed E-state index contributed by atoms with van der Waals surface area (Å²) in [6.07, 6.45) is 1.83. The Balaban J connectivity index is 2.05. The van der Waals surface area contributed by atoms with Gasteiger partial charge in [-0.05, 0) is 25.7 Å². The van der Waals surface area contributed by atoms with Crippen molar-refractivity contribution in [2.75, 3.05) is 0 Å². The van der Waals surface area contributed by atoms with Crippen molar-refractivity contribution in [3.63, 3.8) is 0 Å². The minimum absolute atomic E-state index is 0.137. The van der Waals surface area contributed by atoms with Crippen molar-refractivity contribution < 1.29 is 12.9 Å². The third-order valence-corrected chi connectivity index (χ3v) is 4.64. The van der Waals surface area contributed by atoms with Crippen molar-refractivity contribution in [3.8, 4) is 0 Å². The summed E-state index contributed by atoms with van der Waals surface area (Å²) in [7, 11) is -3.35. The molecule has 1 aromatic rings. The largest absolute Gasteiger partial charge is 0.360 e. The molecule has 1 aliphatic carbocycles. The number of aromatic nitrogens is 1. The Morgan fingerprint density at radius 2 is 2.18 bits per heavy atom. The van der Waals surface area contributed by atoms with Gasteiger partial charge in [0.1, 0.15) is 5.75 Å². The maximum absolute atomic E-state index is 12.0. The first kappa shape index (κ1) is 12.6. The molecule has 0 radical (unpaired) electrons. The number of nitrogens with zero attached hydrogens (tertiary/aromatic N) is 1. The van der Waals surface area contributed by atoms with E-state index in [0.717, 1.165) is 12.8 Å². The lowest BCUT2D eigenvalue weighted by Gasteiger charge is -2.20. The fourth-order valence-corrected chi connectivity index (χ4v) is 3.59. The molecule has 6 heteroatoms. The summed E-state index contributed by atoms with van der Waals surface area (Å²) in [5, 5.41) is 3.68. The molecule has 96 valence electrons. The Morgan fingerprint density at radius 1 is 1.53 bits per heavy atom. The number of aryl methyl sites for hydroxylation is 1. The van der Waals surface area contributed by atoms with Crippen molar-refractivity contribution in [2.24, 2.45) is 5.92 Å². The standard InChI is InChI=1S/C11H18N2O3S/c1-8(2)11(4-5-11)13-17(14,15)7-10-6-9(3)12-16-10/h6,8,13H,4-5,7H2,1-3H3. The summed E-state index contributed by atoms with van der Waals surface area (Å²) >= 11 is 0. The van der Waals surface area contributed by atoms with Gasteiger partial charge in [0.05, 0.1) is 5.69 Å². The minimum Gasteiger partial charge on any atom is -0.360 e. The van der Waals surface area contributed by atoms with Crippen LogP contribution in [0, 0.1) is 12.8 Å². The molecule has 0 spiro atoms. The van der Waals surface area contributed by atoms with Gasteiger partial charge in [-0.1, -0.05) is 19.0 Å². The maximum Gasteiger partial charge on any atom is 0.219 e. The zero-order valence-corrected chi connectivity index (χ0v) is 11.2. The molecule has 0 amide bonds. The molecule has 1 heterocycles. The number of nitrogens with one attached hydrogen (secondary N) is 1. The molecular formula is C11H18N2O3S. The number of sulfonamides is 1. The first-order valence-corrected chi connectivity index (χ1v) is 7.42. The van der Waals surface area contributed by atoms with E-state index in [2.05, 4.69) is 9.88 Å². The van der Waals surface area contributed by atoms with Crippen molar-refractivity contribution in [2.45, 2.75) is 44.9 Å². The number of rotatable bonds is 5. The molecule has 1 aromatic heterocycles. The molecule has 17 heavy (non-hydrogen) atoms. The smallest absolute Gasteiger partial charge is 0.219 e. The van der Waals surface area contributed by atoms with Crippen LogP contribution >= 0.6 is 0 Å². The Labute approximate surface area is 102 Å². The second-order valence-electron chi connectivity index (χ2n) is 5.11. The van der Waals surface area contributed by atoms with E-state index >= 15 is 0 Å². The van der Waals surface area contributed by atoms with Crippen molar-refractivity contribution >= 4 is 10.0 Å². The van der Waals surface area contributed by atoms with Crippen LogP contribution in [0.1, 0.15) is 38.1 Å². The molecule has 0 aromatic carbocycles. The molecule has 5 nitrogen and oxygen atoms in total. The molecule has 0 bridgehead atoms.